The molecule has 2 atom stereocenters. The largest absolute Gasteiger partial charge is 0.338 e. The van der Waals surface area contributed by atoms with E-state index in [2.05, 4.69) is 34.7 Å². The molecule has 20 heavy (non-hydrogen) atoms. The zero-order valence-corrected chi connectivity index (χ0v) is 12.7. The predicted molar refractivity (Wildman–Crippen MR) is 77.3 cm³/mol. The highest BCUT2D eigenvalue weighted by atomic mass is 16.2. The monoisotopic (exact) mass is 282 g/mol. The quantitative estimate of drug-likeness (QED) is 0.686. The van der Waals surface area contributed by atoms with Crippen molar-refractivity contribution in [1.29, 1.82) is 0 Å². The first kappa shape index (κ1) is 15.3. The maximum absolute atomic E-state index is 12.0. The van der Waals surface area contributed by atoms with Crippen LogP contribution < -0.4 is 16.0 Å². The number of hydrogen-bond acceptors (Lipinski definition) is 4. The molecule has 114 valence electrons. The molecule has 2 aliphatic heterocycles. The van der Waals surface area contributed by atoms with Crippen molar-refractivity contribution in [3.05, 3.63) is 0 Å². The van der Waals surface area contributed by atoms with Gasteiger partial charge in [0.2, 0.25) is 5.91 Å². The number of carbonyl (C=O) groups excluding carboxylic acids is 2. The van der Waals surface area contributed by atoms with E-state index < -0.39 is 6.03 Å². The number of likely N-dealkylation sites (tertiary alicyclic amines) is 1. The Balaban J connectivity index is 1.84. The van der Waals surface area contributed by atoms with E-state index in [1.54, 1.807) is 0 Å². The average Bonchev–Trinajstić information content (AvgIpc) is 2.91. The summed E-state index contributed by atoms with van der Waals surface area (Å²) in [5.41, 5.74) is 0.00536. The maximum Gasteiger partial charge on any atom is 0.321 e. The number of carbonyl (C=O) groups is 2. The first-order chi connectivity index (χ1) is 9.45. The van der Waals surface area contributed by atoms with Crippen molar-refractivity contribution in [2.75, 3.05) is 32.7 Å². The van der Waals surface area contributed by atoms with E-state index in [1.807, 2.05) is 6.92 Å². The number of nitrogens with zero attached hydrogens (tertiary/aromatic N) is 1. The van der Waals surface area contributed by atoms with Gasteiger partial charge in [-0.15, -0.1) is 0 Å². The van der Waals surface area contributed by atoms with Crippen LogP contribution in [0.25, 0.3) is 0 Å². The van der Waals surface area contributed by atoms with Crippen LogP contribution in [0.5, 0.6) is 0 Å². The molecule has 2 unspecified atom stereocenters. The van der Waals surface area contributed by atoms with Crippen LogP contribution in [-0.2, 0) is 4.79 Å². The molecule has 6 heteroatoms. The molecule has 6 nitrogen and oxygen atoms in total. The van der Waals surface area contributed by atoms with E-state index in [9.17, 15) is 9.59 Å². The number of fused-ring (bicyclic) bond motifs is 1. The Labute approximate surface area is 120 Å². The van der Waals surface area contributed by atoms with Gasteiger partial charge in [0, 0.05) is 25.2 Å². The Hall–Kier alpha value is -1.14. The van der Waals surface area contributed by atoms with Crippen molar-refractivity contribution in [3.63, 3.8) is 0 Å². The highest BCUT2D eigenvalue weighted by molar-refractivity contribution is 5.95. The molecule has 3 N–H and O–H groups in total. The fourth-order valence-corrected chi connectivity index (χ4v) is 3.39. The number of amides is 3. The summed E-state index contributed by atoms with van der Waals surface area (Å²) >= 11 is 0. The summed E-state index contributed by atoms with van der Waals surface area (Å²) in [7, 11) is 0. The molecule has 2 fully saturated rings. The van der Waals surface area contributed by atoms with Gasteiger partial charge in [0.05, 0.1) is 6.54 Å². The second kappa shape index (κ2) is 6.10. The third-order valence-electron chi connectivity index (χ3n) is 4.64. The maximum atomic E-state index is 12.0. The van der Waals surface area contributed by atoms with Crippen LogP contribution in [0.2, 0.25) is 0 Å². The highest BCUT2D eigenvalue weighted by Crippen LogP contribution is 2.40. The number of urea groups is 1. The Morgan fingerprint density at radius 1 is 1.35 bits per heavy atom. The Morgan fingerprint density at radius 3 is 2.75 bits per heavy atom. The minimum Gasteiger partial charge on any atom is -0.338 e. The van der Waals surface area contributed by atoms with Crippen molar-refractivity contribution in [3.8, 4) is 0 Å². The summed E-state index contributed by atoms with van der Waals surface area (Å²) in [5, 5.41) is 8.47. The van der Waals surface area contributed by atoms with Gasteiger partial charge >= 0.3 is 6.03 Å². The molecule has 2 heterocycles. The fraction of sp³-hybridized carbons (Fsp3) is 0.857. The molecular weight excluding hydrogens is 256 g/mol. The van der Waals surface area contributed by atoms with Gasteiger partial charge in [0.25, 0.3) is 0 Å². The summed E-state index contributed by atoms with van der Waals surface area (Å²) in [6, 6.07) is -0.393. The first-order valence-corrected chi connectivity index (χ1v) is 7.48. The Kier molecular flexibility index (Phi) is 4.65. The molecule has 2 aliphatic rings. The Morgan fingerprint density at radius 2 is 2.10 bits per heavy atom. The molecule has 0 saturated carbocycles. The second-order valence-electron chi connectivity index (χ2n) is 6.36. The van der Waals surface area contributed by atoms with E-state index in [4.69, 9.17) is 0 Å². The number of hydrogen-bond donors (Lipinski definition) is 3. The summed E-state index contributed by atoms with van der Waals surface area (Å²) in [4.78, 5) is 25.6. The lowest BCUT2D eigenvalue weighted by Gasteiger charge is -2.35. The molecule has 0 spiro atoms. The molecule has 2 rings (SSSR count). The molecule has 2 saturated heterocycles. The van der Waals surface area contributed by atoms with E-state index in [0.29, 0.717) is 24.9 Å². The third kappa shape index (κ3) is 3.12. The third-order valence-corrected chi connectivity index (χ3v) is 4.64. The minimum atomic E-state index is -0.393. The molecule has 0 bridgehead atoms. The molecular formula is C14H26N4O2. The zero-order valence-electron chi connectivity index (χ0n) is 12.7. The molecule has 0 aromatic carbocycles. The molecule has 0 aromatic rings. The normalized spacial score (nSPS) is 28.1. The van der Waals surface area contributed by atoms with Crippen molar-refractivity contribution in [2.24, 2.45) is 11.8 Å². The van der Waals surface area contributed by atoms with Gasteiger partial charge in [-0.05, 0) is 38.6 Å². The van der Waals surface area contributed by atoms with Crippen LogP contribution in [0.1, 0.15) is 27.2 Å². The van der Waals surface area contributed by atoms with E-state index >= 15 is 0 Å². The van der Waals surface area contributed by atoms with E-state index in [-0.39, 0.29) is 11.4 Å². The van der Waals surface area contributed by atoms with Crippen LogP contribution in [0.4, 0.5) is 4.79 Å². The summed E-state index contributed by atoms with van der Waals surface area (Å²) in [6.45, 7) is 10.2. The van der Waals surface area contributed by atoms with Crippen molar-refractivity contribution < 1.29 is 9.59 Å². The van der Waals surface area contributed by atoms with E-state index in [0.717, 1.165) is 26.1 Å². The predicted octanol–water partition coefficient (Wildman–Crippen LogP) is 0.152. The smallest absolute Gasteiger partial charge is 0.321 e. The Bertz CT molecular complexity index is 383. The topological polar surface area (TPSA) is 73.5 Å². The molecule has 0 radical (unpaired) electrons. The average molecular weight is 282 g/mol. The fourth-order valence-electron chi connectivity index (χ4n) is 3.39. The van der Waals surface area contributed by atoms with Gasteiger partial charge < -0.3 is 10.6 Å². The lowest BCUT2D eigenvalue weighted by Crippen LogP contribution is -2.50. The van der Waals surface area contributed by atoms with Crippen molar-refractivity contribution in [2.45, 2.75) is 32.7 Å². The number of rotatable bonds is 4. The molecule has 3 amide bonds. The SMILES string of the molecule is CCCNC(=O)NC(=O)CN1CC2CNCC2C1(C)C. The highest BCUT2D eigenvalue weighted by Gasteiger charge is 2.49. The van der Waals surface area contributed by atoms with Gasteiger partial charge in [0.1, 0.15) is 0 Å². The standard InChI is InChI=1S/C14H26N4O2/c1-4-5-16-13(20)17-12(19)9-18-8-10-6-15-7-11(10)14(18,2)3/h10-11,15H,4-9H2,1-3H3,(H2,16,17,19,20). The van der Waals surface area contributed by atoms with Crippen LogP contribution in [0.15, 0.2) is 0 Å². The summed E-state index contributed by atoms with van der Waals surface area (Å²) < 4.78 is 0. The lowest BCUT2D eigenvalue weighted by molar-refractivity contribution is -0.122. The number of nitrogens with one attached hydrogen (secondary N) is 3. The van der Waals surface area contributed by atoms with Crippen molar-refractivity contribution in [1.82, 2.24) is 20.9 Å². The van der Waals surface area contributed by atoms with Gasteiger partial charge in [-0.3, -0.25) is 15.0 Å². The molecule has 0 aromatic heterocycles. The number of imide groups is 1. The minimum absolute atomic E-state index is 0.00536. The van der Waals surface area contributed by atoms with Crippen LogP contribution >= 0.6 is 0 Å². The van der Waals surface area contributed by atoms with Gasteiger partial charge in [-0.25, -0.2) is 4.79 Å². The zero-order chi connectivity index (χ0) is 14.8. The molecule has 0 aliphatic carbocycles. The summed E-state index contributed by atoms with van der Waals surface area (Å²) in [6.07, 6.45) is 0.858. The van der Waals surface area contributed by atoms with Gasteiger partial charge in [-0.1, -0.05) is 6.92 Å². The van der Waals surface area contributed by atoms with Crippen LogP contribution in [0, 0.1) is 11.8 Å². The van der Waals surface area contributed by atoms with E-state index in [1.165, 1.54) is 0 Å². The van der Waals surface area contributed by atoms with Gasteiger partial charge in [-0.2, -0.15) is 0 Å². The van der Waals surface area contributed by atoms with Crippen LogP contribution in [0.3, 0.4) is 0 Å². The first-order valence-electron chi connectivity index (χ1n) is 7.48. The lowest BCUT2D eigenvalue weighted by atomic mass is 9.85. The summed E-state index contributed by atoms with van der Waals surface area (Å²) in [5.74, 6) is 0.982. The van der Waals surface area contributed by atoms with Crippen LogP contribution in [-0.4, -0.2) is 55.1 Å². The van der Waals surface area contributed by atoms with Crippen molar-refractivity contribution >= 4 is 11.9 Å². The second-order valence-corrected chi connectivity index (χ2v) is 6.36. The van der Waals surface area contributed by atoms with Gasteiger partial charge in [0.15, 0.2) is 0 Å².